The third kappa shape index (κ3) is 4.24. The van der Waals surface area contributed by atoms with Crippen molar-refractivity contribution in [3.8, 4) is 11.4 Å². The lowest BCUT2D eigenvalue weighted by molar-refractivity contribution is 0.887. The molecule has 0 fully saturated rings. The molecule has 0 atom stereocenters. The number of hydrogen-bond acceptors (Lipinski definition) is 4. The number of nitrogens with one attached hydrogen (secondary N) is 2. The van der Waals surface area contributed by atoms with Crippen LogP contribution in [0, 0.1) is 0 Å². The first-order valence-electron chi connectivity index (χ1n) is 7.84. The summed E-state index contributed by atoms with van der Waals surface area (Å²) < 4.78 is 0. The standard InChI is InChI=1S/C19H19ClN4/c1-13(2)21-17-12-18(22-16-9-4-3-5-10-16)24-19(23-17)14-7-6-8-15(20)11-14/h3-13H,1-2H3,(H2,21,22,23,24). The predicted molar refractivity (Wildman–Crippen MR) is 101 cm³/mol. The summed E-state index contributed by atoms with van der Waals surface area (Å²) >= 11 is 6.10. The van der Waals surface area contributed by atoms with Crippen LogP contribution in [0.25, 0.3) is 11.4 Å². The minimum absolute atomic E-state index is 0.275. The molecule has 0 saturated carbocycles. The number of aromatic nitrogens is 2. The van der Waals surface area contributed by atoms with Crippen LogP contribution in [-0.4, -0.2) is 16.0 Å². The molecule has 0 saturated heterocycles. The smallest absolute Gasteiger partial charge is 0.163 e. The number of nitrogens with zero attached hydrogens (tertiary/aromatic N) is 2. The molecule has 122 valence electrons. The fraction of sp³-hybridized carbons (Fsp3) is 0.158. The van der Waals surface area contributed by atoms with Crippen LogP contribution in [0.5, 0.6) is 0 Å². The van der Waals surface area contributed by atoms with Crippen LogP contribution < -0.4 is 10.6 Å². The molecule has 5 heteroatoms. The largest absolute Gasteiger partial charge is 0.368 e. The van der Waals surface area contributed by atoms with Crippen LogP contribution >= 0.6 is 11.6 Å². The van der Waals surface area contributed by atoms with Crippen molar-refractivity contribution in [2.45, 2.75) is 19.9 Å². The van der Waals surface area contributed by atoms with E-state index in [0.29, 0.717) is 10.8 Å². The minimum Gasteiger partial charge on any atom is -0.368 e. The highest BCUT2D eigenvalue weighted by Gasteiger charge is 2.09. The maximum atomic E-state index is 6.10. The maximum Gasteiger partial charge on any atom is 0.163 e. The molecule has 0 amide bonds. The Bertz CT molecular complexity index is 819. The first-order chi connectivity index (χ1) is 11.6. The summed E-state index contributed by atoms with van der Waals surface area (Å²) in [5.74, 6) is 2.13. The van der Waals surface area contributed by atoms with E-state index >= 15 is 0 Å². The summed E-state index contributed by atoms with van der Waals surface area (Å²) in [6.07, 6.45) is 0. The number of rotatable bonds is 5. The minimum atomic E-state index is 0.275. The Morgan fingerprint density at radius 3 is 2.33 bits per heavy atom. The van der Waals surface area contributed by atoms with Crippen molar-refractivity contribution in [1.82, 2.24) is 9.97 Å². The van der Waals surface area contributed by atoms with Crippen LogP contribution in [0.1, 0.15) is 13.8 Å². The highest BCUT2D eigenvalue weighted by Crippen LogP contribution is 2.24. The fourth-order valence-corrected chi connectivity index (χ4v) is 2.50. The van der Waals surface area contributed by atoms with E-state index in [1.807, 2.05) is 60.7 Å². The van der Waals surface area contributed by atoms with Gasteiger partial charge in [-0.1, -0.05) is 41.9 Å². The van der Waals surface area contributed by atoms with Gasteiger partial charge in [-0.15, -0.1) is 0 Å². The number of para-hydroxylation sites is 1. The Morgan fingerprint density at radius 1 is 0.875 bits per heavy atom. The topological polar surface area (TPSA) is 49.8 Å². The molecule has 0 aliphatic carbocycles. The molecule has 4 nitrogen and oxygen atoms in total. The monoisotopic (exact) mass is 338 g/mol. The van der Waals surface area contributed by atoms with E-state index in [1.54, 1.807) is 0 Å². The lowest BCUT2D eigenvalue weighted by Crippen LogP contribution is -2.12. The summed E-state index contributed by atoms with van der Waals surface area (Å²) in [5, 5.41) is 7.31. The lowest BCUT2D eigenvalue weighted by Gasteiger charge is -2.13. The van der Waals surface area contributed by atoms with Crippen molar-refractivity contribution in [1.29, 1.82) is 0 Å². The lowest BCUT2D eigenvalue weighted by atomic mass is 10.2. The van der Waals surface area contributed by atoms with Gasteiger partial charge in [-0.05, 0) is 38.1 Å². The van der Waals surface area contributed by atoms with Gasteiger partial charge in [-0.3, -0.25) is 0 Å². The van der Waals surface area contributed by atoms with Crippen molar-refractivity contribution in [2.24, 2.45) is 0 Å². The molecule has 0 unspecified atom stereocenters. The van der Waals surface area contributed by atoms with Gasteiger partial charge >= 0.3 is 0 Å². The van der Waals surface area contributed by atoms with Crippen LogP contribution in [0.4, 0.5) is 17.3 Å². The zero-order valence-electron chi connectivity index (χ0n) is 13.6. The Labute approximate surface area is 146 Å². The fourth-order valence-electron chi connectivity index (χ4n) is 2.31. The highest BCUT2D eigenvalue weighted by atomic mass is 35.5. The number of benzene rings is 2. The maximum absolute atomic E-state index is 6.10. The molecule has 3 aromatic rings. The second kappa shape index (κ2) is 7.32. The molecule has 2 N–H and O–H groups in total. The van der Waals surface area contributed by atoms with Gasteiger partial charge in [0.1, 0.15) is 11.6 Å². The first kappa shape index (κ1) is 16.3. The zero-order valence-corrected chi connectivity index (χ0v) is 14.4. The van der Waals surface area contributed by atoms with Crippen LogP contribution in [-0.2, 0) is 0 Å². The molecule has 0 radical (unpaired) electrons. The Balaban J connectivity index is 2.00. The first-order valence-corrected chi connectivity index (χ1v) is 8.21. The van der Waals surface area contributed by atoms with Gasteiger partial charge in [-0.2, -0.15) is 0 Å². The highest BCUT2D eigenvalue weighted by molar-refractivity contribution is 6.30. The summed E-state index contributed by atoms with van der Waals surface area (Å²) in [5.41, 5.74) is 1.86. The van der Waals surface area contributed by atoms with Crippen LogP contribution in [0.2, 0.25) is 5.02 Å². The average molecular weight is 339 g/mol. The molecule has 0 spiro atoms. The third-order valence-corrected chi connectivity index (χ3v) is 3.53. The van der Waals surface area contributed by atoms with E-state index in [-0.39, 0.29) is 6.04 Å². The second-order valence-corrected chi connectivity index (χ2v) is 6.20. The summed E-state index contributed by atoms with van der Waals surface area (Å²) in [4.78, 5) is 9.23. The van der Waals surface area contributed by atoms with E-state index < -0.39 is 0 Å². The molecule has 2 aromatic carbocycles. The molecule has 1 aromatic heterocycles. The molecule has 1 heterocycles. The number of hydrogen-bond donors (Lipinski definition) is 2. The molecular formula is C19H19ClN4. The van der Waals surface area contributed by atoms with Gasteiger partial charge in [0.15, 0.2) is 5.82 Å². The average Bonchev–Trinajstić information content (AvgIpc) is 2.55. The van der Waals surface area contributed by atoms with E-state index in [4.69, 9.17) is 11.6 Å². The van der Waals surface area contributed by atoms with Crippen molar-refractivity contribution in [3.63, 3.8) is 0 Å². The van der Waals surface area contributed by atoms with E-state index in [1.165, 1.54) is 0 Å². The molecule has 3 rings (SSSR count). The number of anilines is 3. The van der Waals surface area contributed by atoms with Gasteiger partial charge in [0, 0.05) is 28.4 Å². The quantitative estimate of drug-likeness (QED) is 0.657. The van der Waals surface area contributed by atoms with Gasteiger partial charge in [0.05, 0.1) is 0 Å². The van der Waals surface area contributed by atoms with Gasteiger partial charge in [0.2, 0.25) is 0 Å². The van der Waals surface area contributed by atoms with Crippen molar-refractivity contribution in [2.75, 3.05) is 10.6 Å². The van der Waals surface area contributed by atoms with Crippen LogP contribution in [0.3, 0.4) is 0 Å². The normalized spacial score (nSPS) is 10.7. The summed E-state index contributed by atoms with van der Waals surface area (Å²) in [6.45, 7) is 4.15. The Hall–Kier alpha value is -2.59. The third-order valence-electron chi connectivity index (χ3n) is 3.29. The van der Waals surface area contributed by atoms with Gasteiger partial charge in [-0.25, -0.2) is 9.97 Å². The Kier molecular flexibility index (Phi) is 4.96. The summed E-state index contributed by atoms with van der Waals surface area (Å²) in [6, 6.07) is 19.7. The SMILES string of the molecule is CC(C)Nc1cc(Nc2ccccc2)nc(-c2cccc(Cl)c2)n1. The van der Waals surface area contributed by atoms with E-state index in [2.05, 4.69) is 34.4 Å². The van der Waals surface area contributed by atoms with E-state index in [9.17, 15) is 0 Å². The van der Waals surface area contributed by atoms with Crippen molar-refractivity contribution < 1.29 is 0 Å². The molecule has 24 heavy (non-hydrogen) atoms. The van der Waals surface area contributed by atoms with Crippen molar-refractivity contribution in [3.05, 3.63) is 65.7 Å². The molecule has 0 bridgehead atoms. The van der Waals surface area contributed by atoms with E-state index in [0.717, 1.165) is 22.9 Å². The van der Waals surface area contributed by atoms with Gasteiger partial charge < -0.3 is 10.6 Å². The molecule has 0 aliphatic rings. The zero-order chi connectivity index (χ0) is 16.9. The van der Waals surface area contributed by atoms with Crippen molar-refractivity contribution >= 4 is 28.9 Å². The second-order valence-electron chi connectivity index (χ2n) is 5.76. The Morgan fingerprint density at radius 2 is 1.62 bits per heavy atom. The number of halogens is 1. The predicted octanol–water partition coefficient (Wildman–Crippen LogP) is 5.36. The van der Waals surface area contributed by atoms with Crippen LogP contribution in [0.15, 0.2) is 60.7 Å². The summed E-state index contributed by atoms with van der Waals surface area (Å²) in [7, 11) is 0. The molecule has 0 aliphatic heterocycles. The molecular weight excluding hydrogens is 320 g/mol. The van der Waals surface area contributed by atoms with Gasteiger partial charge in [0.25, 0.3) is 0 Å².